The third kappa shape index (κ3) is 6.58. The summed E-state index contributed by atoms with van der Waals surface area (Å²) in [5.74, 6) is 1.55. The number of benzene rings is 2. The van der Waals surface area contributed by atoms with Crippen molar-refractivity contribution in [3.05, 3.63) is 59.7 Å². The molecule has 0 aliphatic carbocycles. The van der Waals surface area contributed by atoms with Gasteiger partial charge in [-0.2, -0.15) is 0 Å². The number of carbonyl (C=O) groups is 1. The summed E-state index contributed by atoms with van der Waals surface area (Å²) < 4.78 is 10.4. The van der Waals surface area contributed by atoms with Crippen molar-refractivity contribution >= 4 is 18.3 Å². The summed E-state index contributed by atoms with van der Waals surface area (Å²) in [4.78, 5) is 12.2. The van der Waals surface area contributed by atoms with E-state index >= 15 is 0 Å². The largest absolute Gasteiger partial charge is 0.497 e. The molecule has 0 heterocycles. The molecular weight excluding hydrogens is 352 g/mol. The zero-order chi connectivity index (χ0) is 18.2. The van der Waals surface area contributed by atoms with Crippen molar-refractivity contribution in [3.8, 4) is 11.5 Å². The minimum Gasteiger partial charge on any atom is -0.497 e. The molecule has 26 heavy (non-hydrogen) atoms. The first-order chi connectivity index (χ1) is 12.0. The summed E-state index contributed by atoms with van der Waals surface area (Å²) in [6.07, 6.45) is 0.982. The van der Waals surface area contributed by atoms with Crippen LogP contribution >= 0.6 is 12.4 Å². The molecule has 0 aliphatic heterocycles. The van der Waals surface area contributed by atoms with E-state index in [1.807, 2.05) is 55.5 Å². The van der Waals surface area contributed by atoms with Crippen LogP contribution in [0, 0.1) is 0 Å². The minimum atomic E-state index is -0.169. The van der Waals surface area contributed by atoms with Crippen LogP contribution in [0.1, 0.15) is 30.5 Å². The van der Waals surface area contributed by atoms with E-state index < -0.39 is 0 Å². The van der Waals surface area contributed by atoms with Crippen molar-refractivity contribution < 1.29 is 14.3 Å². The molecule has 2 atom stereocenters. The molecule has 2 aromatic carbocycles. The molecule has 3 N–H and O–H groups in total. The van der Waals surface area contributed by atoms with Crippen molar-refractivity contribution in [2.45, 2.75) is 31.8 Å². The van der Waals surface area contributed by atoms with Crippen LogP contribution in [0.2, 0.25) is 0 Å². The lowest BCUT2D eigenvalue weighted by Crippen LogP contribution is -2.33. The van der Waals surface area contributed by atoms with Gasteiger partial charge in [0.25, 0.3) is 0 Å². The average molecular weight is 379 g/mol. The van der Waals surface area contributed by atoms with E-state index in [0.717, 1.165) is 22.6 Å². The Morgan fingerprint density at radius 1 is 1.00 bits per heavy atom. The van der Waals surface area contributed by atoms with Crippen molar-refractivity contribution in [2.24, 2.45) is 5.73 Å². The number of nitrogens with two attached hydrogens (primary N) is 1. The summed E-state index contributed by atoms with van der Waals surface area (Å²) in [6.45, 7) is 1.82. The van der Waals surface area contributed by atoms with Crippen LogP contribution < -0.4 is 20.5 Å². The van der Waals surface area contributed by atoms with Gasteiger partial charge in [0, 0.05) is 12.5 Å². The molecule has 142 valence electrons. The quantitative estimate of drug-likeness (QED) is 0.739. The molecule has 2 rings (SSSR count). The van der Waals surface area contributed by atoms with Gasteiger partial charge in [-0.05, 0) is 48.7 Å². The fourth-order valence-corrected chi connectivity index (χ4v) is 2.63. The number of hydrogen-bond donors (Lipinski definition) is 2. The summed E-state index contributed by atoms with van der Waals surface area (Å²) in [5.41, 5.74) is 7.88. The van der Waals surface area contributed by atoms with Crippen LogP contribution in [0.4, 0.5) is 0 Å². The summed E-state index contributed by atoms with van der Waals surface area (Å²) in [6, 6.07) is 15.3. The van der Waals surface area contributed by atoms with Crippen LogP contribution in [0.5, 0.6) is 11.5 Å². The van der Waals surface area contributed by atoms with Crippen LogP contribution in [0.15, 0.2) is 48.5 Å². The van der Waals surface area contributed by atoms with Crippen molar-refractivity contribution in [1.82, 2.24) is 5.32 Å². The molecule has 5 nitrogen and oxygen atoms in total. The molecule has 1 amide bonds. The smallest absolute Gasteiger partial charge is 0.222 e. The van der Waals surface area contributed by atoms with Gasteiger partial charge in [0.15, 0.2) is 0 Å². The lowest BCUT2D eigenvalue weighted by Gasteiger charge is -2.20. The zero-order valence-electron chi connectivity index (χ0n) is 15.4. The number of nitrogens with one attached hydrogen (secondary N) is 1. The van der Waals surface area contributed by atoms with Gasteiger partial charge < -0.3 is 20.5 Å². The van der Waals surface area contributed by atoms with Crippen molar-refractivity contribution in [2.75, 3.05) is 14.2 Å². The standard InChI is InChI=1S/C20H26N2O3.ClH/c1-14(21)12-20(23)22-19(16-6-10-18(25-3)11-7-16)13-15-4-8-17(24-2)9-5-15;/h4-11,14,19H,12-13,21H2,1-3H3,(H,22,23);1H. The third-order valence-corrected chi connectivity index (χ3v) is 3.96. The monoisotopic (exact) mass is 378 g/mol. The number of hydrogen-bond acceptors (Lipinski definition) is 4. The fraction of sp³-hybridized carbons (Fsp3) is 0.350. The maximum Gasteiger partial charge on any atom is 0.222 e. The number of methoxy groups -OCH3 is 2. The highest BCUT2D eigenvalue weighted by atomic mass is 35.5. The van der Waals surface area contributed by atoms with E-state index in [-0.39, 0.29) is 30.4 Å². The summed E-state index contributed by atoms with van der Waals surface area (Å²) in [5, 5.41) is 3.09. The number of halogens is 1. The second-order valence-electron chi connectivity index (χ2n) is 6.13. The van der Waals surface area contributed by atoms with E-state index in [4.69, 9.17) is 15.2 Å². The Kier molecular flexibility index (Phi) is 8.96. The van der Waals surface area contributed by atoms with Gasteiger partial charge in [0.05, 0.1) is 20.3 Å². The molecule has 0 fully saturated rings. The Morgan fingerprint density at radius 2 is 1.50 bits per heavy atom. The highest BCUT2D eigenvalue weighted by Crippen LogP contribution is 2.23. The summed E-state index contributed by atoms with van der Waals surface area (Å²) in [7, 11) is 3.28. The molecule has 6 heteroatoms. The van der Waals surface area contributed by atoms with Crippen LogP contribution in [-0.2, 0) is 11.2 Å². The highest BCUT2D eigenvalue weighted by Gasteiger charge is 2.16. The Hall–Kier alpha value is -2.24. The van der Waals surface area contributed by atoms with Crippen LogP contribution in [-0.4, -0.2) is 26.2 Å². The first-order valence-corrected chi connectivity index (χ1v) is 8.33. The van der Waals surface area contributed by atoms with Crippen molar-refractivity contribution in [1.29, 1.82) is 0 Å². The first kappa shape index (κ1) is 21.8. The Bertz CT molecular complexity index is 672. The molecule has 2 unspecified atom stereocenters. The lowest BCUT2D eigenvalue weighted by molar-refractivity contribution is -0.122. The third-order valence-electron chi connectivity index (χ3n) is 3.96. The molecule has 0 aromatic heterocycles. The Labute approximate surface area is 161 Å². The van der Waals surface area contributed by atoms with Crippen LogP contribution in [0.25, 0.3) is 0 Å². The van der Waals surface area contributed by atoms with Gasteiger partial charge in [0.2, 0.25) is 5.91 Å². The number of amides is 1. The maximum atomic E-state index is 12.2. The molecule has 0 bridgehead atoms. The predicted molar refractivity (Wildman–Crippen MR) is 106 cm³/mol. The van der Waals surface area contributed by atoms with E-state index in [9.17, 15) is 4.79 Å². The number of rotatable bonds is 8. The SMILES string of the molecule is COc1ccc(CC(NC(=O)CC(C)N)c2ccc(OC)cc2)cc1.Cl. The average Bonchev–Trinajstić information content (AvgIpc) is 2.61. The molecule has 0 aliphatic rings. The van der Waals surface area contributed by atoms with E-state index in [2.05, 4.69) is 5.32 Å². The molecule has 2 aromatic rings. The summed E-state index contributed by atoms with van der Waals surface area (Å²) >= 11 is 0. The van der Waals surface area contributed by atoms with Gasteiger partial charge >= 0.3 is 0 Å². The minimum absolute atomic E-state index is 0. The van der Waals surface area contributed by atoms with E-state index in [1.165, 1.54) is 0 Å². The molecule has 0 spiro atoms. The fourth-order valence-electron chi connectivity index (χ4n) is 2.63. The Morgan fingerprint density at radius 3 is 1.96 bits per heavy atom. The van der Waals surface area contributed by atoms with Gasteiger partial charge in [-0.15, -0.1) is 12.4 Å². The number of ether oxygens (including phenoxy) is 2. The van der Waals surface area contributed by atoms with Gasteiger partial charge in [-0.25, -0.2) is 0 Å². The molecular formula is C20H27ClN2O3. The second-order valence-corrected chi connectivity index (χ2v) is 6.13. The van der Waals surface area contributed by atoms with E-state index in [1.54, 1.807) is 14.2 Å². The molecule has 0 saturated heterocycles. The van der Waals surface area contributed by atoms with Gasteiger partial charge in [-0.3, -0.25) is 4.79 Å². The van der Waals surface area contributed by atoms with Gasteiger partial charge in [0.1, 0.15) is 11.5 Å². The topological polar surface area (TPSA) is 73.6 Å². The maximum absolute atomic E-state index is 12.2. The first-order valence-electron chi connectivity index (χ1n) is 8.33. The highest BCUT2D eigenvalue weighted by molar-refractivity contribution is 5.85. The van der Waals surface area contributed by atoms with Crippen molar-refractivity contribution in [3.63, 3.8) is 0 Å². The predicted octanol–water partition coefficient (Wildman–Crippen LogP) is 3.26. The normalized spacial score (nSPS) is 12.5. The molecule has 0 radical (unpaired) electrons. The second kappa shape index (κ2) is 10.7. The zero-order valence-corrected chi connectivity index (χ0v) is 16.2. The molecule has 0 saturated carbocycles. The van der Waals surface area contributed by atoms with Crippen LogP contribution in [0.3, 0.4) is 0 Å². The van der Waals surface area contributed by atoms with Gasteiger partial charge in [-0.1, -0.05) is 24.3 Å². The van der Waals surface area contributed by atoms with E-state index in [0.29, 0.717) is 12.8 Å². The number of carbonyl (C=O) groups excluding carboxylic acids is 1. The Balaban J connectivity index is 0.00000338. The lowest BCUT2D eigenvalue weighted by atomic mass is 9.98.